The van der Waals surface area contributed by atoms with Gasteiger partial charge in [0, 0.05) is 0 Å². The Labute approximate surface area is 69.2 Å². The fourth-order valence-corrected chi connectivity index (χ4v) is 1.28. The summed E-state index contributed by atoms with van der Waals surface area (Å²) in [6.07, 6.45) is 2.72. The smallest absolute Gasteiger partial charge is 0.102 e. The van der Waals surface area contributed by atoms with E-state index in [4.69, 9.17) is 5.73 Å². The molecule has 0 heterocycles. The third-order valence-electron chi connectivity index (χ3n) is 2.22. The Kier molecular flexibility index (Phi) is 6.52. The molecule has 1 atom stereocenters. The average Bonchev–Trinajstić information content (AvgIpc) is 2.01. The average molecular weight is 161 g/mol. The van der Waals surface area contributed by atoms with Gasteiger partial charge in [0.05, 0.1) is 0 Å². The molecule has 0 aliphatic heterocycles. The summed E-state index contributed by atoms with van der Waals surface area (Å²) >= 11 is 0. The van der Waals surface area contributed by atoms with Gasteiger partial charge in [0.25, 0.3) is 0 Å². The summed E-state index contributed by atoms with van der Waals surface area (Å²) in [5, 5.41) is 0. The van der Waals surface area contributed by atoms with Gasteiger partial charge in [-0.05, 0) is 25.3 Å². The zero-order valence-electron chi connectivity index (χ0n) is 7.65. The molecule has 0 aromatic heterocycles. The van der Waals surface area contributed by atoms with Crippen LogP contribution in [0.15, 0.2) is 0 Å². The molecule has 68 valence electrons. The lowest BCUT2D eigenvalue weighted by Crippen LogP contribution is -2.13. The largest absolute Gasteiger partial charge is 0.330 e. The molecule has 0 rings (SSSR count). The predicted octanol–water partition coefficient (Wildman–Crippen LogP) is 2.50. The summed E-state index contributed by atoms with van der Waals surface area (Å²) in [7, 11) is 0. The van der Waals surface area contributed by atoms with Crippen molar-refractivity contribution in [3.63, 3.8) is 0 Å². The van der Waals surface area contributed by atoms with Gasteiger partial charge in [-0.2, -0.15) is 0 Å². The van der Waals surface area contributed by atoms with Crippen LogP contribution in [-0.2, 0) is 0 Å². The Balaban J connectivity index is 3.44. The number of hydrogen-bond donors (Lipinski definition) is 1. The first kappa shape index (κ1) is 10.9. The van der Waals surface area contributed by atoms with Crippen LogP contribution in [0.4, 0.5) is 4.39 Å². The van der Waals surface area contributed by atoms with Gasteiger partial charge in [-0.1, -0.05) is 26.7 Å². The van der Waals surface area contributed by atoms with E-state index in [0.29, 0.717) is 25.3 Å². The highest BCUT2D eigenvalue weighted by Gasteiger charge is 2.11. The molecule has 0 saturated carbocycles. The molecule has 0 spiro atoms. The minimum atomic E-state index is -0.676. The van der Waals surface area contributed by atoms with Crippen LogP contribution in [0.5, 0.6) is 0 Å². The van der Waals surface area contributed by atoms with Crippen LogP contribution in [0.3, 0.4) is 0 Å². The maximum Gasteiger partial charge on any atom is 0.102 e. The summed E-state index contributed by atoms with van der Waals surface area (Å²) < 4.78 is 12.9. The van der Waals surface area contributed by atoms with Crippen molar-refractivity contribution in [1.29, 1.82) is 0 Å². The SMILES string of the molecule is CCC(CC)CC(F)CCN. The van der Waals surface area contributed by atoms with Gasteiger partial charge in [-0.15, -0.1) is 0 Å². The molecule has 2 N–H and O–H groups in total. The summed E-state index contributed by atoms with van der Waals surface area (Å²) in [5.74, 6) is 0.552. The van der Waals surface area contributed by atoms with E-state index in [9.17, 15) is 4.39 Å². The van der Waals surface area contributed by atoms with E-state index in [2.05, 4.69) is 13.8 Å². The monoisotopic (exact) mass is 161 g/mol. The van der Waals surface area contributed by atoms with Gasteiger partial charge in [0.2, 0.25) is 0 Å². The van der Waals surface area contributed by atoms with E-state index < -0.39 is 6.17 Å². The first-order valence-corrected chi connectivity index (χ1v) is 4.58. The molecule has 11 heavy (non-hydrogen) atoms. The highest BCUT2D eigenvalue weighted by atomic mass is 19.1. The van der Waals surface area contributed by atoms with Crippen molar-refractivity contribution in [2.24, 2.45) is 11.7 Å². The van der Waals surface area contributed by atoms with E-state index in [1.165, 1.54) is 0 Å². The minimum absolute atomic E-state index is 0.474. The minimum Gasteiger partial charge on any atom is -0.330 e. The quantitative estimate of drug-likeness (QED) is 0.636. The highest BCUT2D eigenvalue weighted by molar-refractivity contribution is 4.63. The normalized spacial score (nSPS) is 13.9. The molecule has 0 aromatic rings. The fraction of sp³-hybridized carbons (Fsp3) is 1.00. The zero-order chi connectivity index (χ0) is 8.69. The topological polar surface area (TPSA) is 26.0 Å². The summed E-state index contributed by atoms with van der Waals surface area (Å²) in [5.41, 5.74) is 5.25. The number of nitrogens with two attached hydrogens (primary N) is 1. The van der Waals surface area contributed by atoms with Gasteiger partial charge in [0.15, 0.2) is 0 Å². The van der Waals surface area contributed by atoms with Gasteiger partial charge >= 0.3 is 0 Å². The Bertz CT molecular complexity index is 81.6. The second kappa shape index (κ2) is 6.59. The maximum absolute atomic E-state index is 12.9. The van der Waals surface area contributed by atoms with Crippen LogP contribution in [0, 0.1) is 5.92 Å². The first-order chi connectivity index (χ1) is 5.24. The van der Waals surface area contributed by atoms with E-state index in [0.717, 1.165) is 12.8 Å². The molecular weight excluding hydrogens is 141 g/mol. The van der Waals surface area contributed by atoms with Gasteiger partial charge in [0.1, 0.15) is 6.17 Å². The van der Waals surface area contributed by atoms with Crippen LogP contribution >= 0.6 is 0 Å². The molecule has 0 fully saturated rings. The number of halogens is 1. The predicted molar refractivity (Wildman–Crippen MR) is 47.3 cm³/mol. The van der Waals surface area contributed by atoms with Crippen LogP contribution in [0.25, 0.3) is 0 Å². The maximum atomic E-state index is 12.9. The van der Waals surface area contributed by atoms with Gasteiger partial charge in [-0.3, -0.25) is 0 Å². The van der Waals surface area contributed by atoms with Crippen molar-refractivity contribution in [3.8, 4) is 0 Å². The van der Waals surface area contributed by atoms with Gasteiger partial charge < -0.3 is 5.73 Å². The molecule has 0 saturated heterocycles. The molecular formula is C9H20FN. The lowest BCUT2D eigenvalue weighted by molar-refractivity contribution is 0.249. The molecule has 0 radical (unpaired) electrons. The van der Waals surface area contributed by atoms with Crippen molar-refractivity contribution in [2.75, 3.05) is 6.54 Å². The van der Waals surface area contributed by atoms with E-state index in [1.807, 2.05) is 0 Å². The van der Waals surface area contributed by atoms with Crippen LogP contribution in [0.2, 0.25) is 0 Å². The standard InChI is InChI=1S/C9H20FN/c1-3-8(4-2)7-9(10)5-6-11/h8-9H,3-7,11H2,1-2H3. The van der Waals surface area contributed by atoms with Crippen molar-refractivity contribution >= 4 is 0 Å². The molecule has 0 bridgehead atoms. The highest BCUT2D eigenvalue weighted by Crippen LogP contribution is 2.17. The van der Waals surface area contributed by atoms with Crippen molar-refractivity contribution in [2.45, 2.75) is 45.7 Å². The molecule has 1 unspecified atom stereocenters. The number of rotatable bonds is 6. The summed E-state index contributed by atoms with van der Waals surface area (Å²) in [6, 6.07) is 0. The van der Waals surface area contributed by atoms with E-state index in [-0.39, 0.29) is 0 Å². The summed E-state index contributed by atoms with van der Waals surface area (Å²) in [6.45, 7) is 4.70. The Hall–Kier alpha value is -0.110. The number of hydrogen-bond acceptors (Lipinski definition) is 1. The van der Waals surface area contributed by atoms with Crippen LogP contribution in [-0.4, -0.2) is 12.7 Å². The van der Waals surface area contributed by atoms with E-state index >= 15 is 0 Å². The van der Waals surface area contributed by atoms with Crippen molar-refractivity contribution < 1.29 is 4.39 Å². The second-order valence-electron chi connectivity index (χ2n) is 3.09. The zero-order valence-corrected chi connectivity index (χ0v) is 7.65. The van der Waals surface area contributed by atoms with Crippen molar-refractivity contribution in [3.05, 3.63) is 0 Å². The summed E-state index contributed by atoms with van der Waals surface area (Å²) in [4.78, 5) is 0. The lowest BCUT2D eigenvalue weighted by atomic mass is 9.96. The van der Waals surface area contributed by atoms with Crippen LogP contribution < -0.4 is 5.73 Å². The molecule has 1 nitrogen and oxygen atoms in total. The molecule has 0 amide bonds. The second-order valence-corrected chi connectivity index (χ2v) is 3.09. The van der Waals surface area contributed by atoms with Gasteiger partial charge in [-0.25, -0.2) is 4.39 Å². The Morgan fingerprint density at radius 3 is 2.18 bits per heavy atom. The molecule has 0 aliphatic carbocycles. The van der Waals surface area contributed by atoms with Crippen molar-refractivity contribution in [1.82, 2.24) is 0 Å². The van der Waals surface area contributed by atoms with Crippen LogP contribution in [0.1, 0.15) is 39.5 Å². The fourth-order valence-electron chi connectivity index (χ4n) is 1.28. The molecule has 2 heteroatoms. The third-order valence-corrected chi connectivity index (χ3v) is 2.22. The lowest BCUT2D eigenvalue weighted by Gasteiger charge is -2.14. The third kappa shape index (κ3) is 5.19. The Morgan fingerprint density at radius 2 is 1.82 bits per heavy atom. The van der Waals surface area contributed by atoms with E-state index in [1.54, 1.807) is 0 Å². The number of alkyl halides is 1. The Morgan fingerprint density at radius 1 is 1.27 bits per heavy atom. The first-order valence-electron chi connectivity index (χ1n) is 4.58. The molecule has 0 aliphatic rings. The molecule has 0 aromatic carbocycles.